The summed E-state index contributed by atoms with van der Waals surface area (Å²) in [5.41, 5.74) is 7.43. The average Bonchev–Trinajstić information content (AvgIpc) is 2.50. The number of halogens is 1. The minimum absolute atomic E-state index is 0.142. The average molecular weight is 286 g/mol. The lowest BCUT2D eigenvalue weighted by Gasteiger charge is -2.26. The topological polar surface area (TPSA) is 63.4 Å². The molecule has 0 spiro atoms. The van der Waals surface area contributed by atoms with Crippen LogP contribution in [0.25, 0.3) is 0 Å². The Morgan fingerprint density at radius 3 is 2.74 bits per heavy atom. The first-order valence-electron chi connectivity index (χ1n) is 6.39. The maximum Gasteiger partial charge on any atom is 0.152 e. The van der Waals surface area contributed by atoms with Crippen LogP contribution in [0.5, 0.6) is 0 Å². The molecular weight excluding hydrogens is 267 g/mol. The van der Waals surface area contributed by atoms with Crippen LogP contribution in [-0.4, -0.2) is 33.0 Å². The van der Waals surface area contributed by atoms with Gasteiger partial charge in [0.15, 0.2) is 9.84 Å². The zero-order chi connectivity index (χ0) is 14.0. The van der Waals surface area contributed by atoms with Crippen LogP contribution < -0.4 is 10.6 Å². The SMILES string of the molecule is CC(N)c1cc(F)ccc1N1CCCS(=O)(=O)CC1. The van der Waals surface area contributed by atoms with E-state index in [2.05, 4.69) is 0 Å². The van der Waals surface area contributed by atoms with Crippen molar-refractivity contribution in [3.05, 3.63) is 29.6 Å². The molecule has 2 N–H and O–H groups in total. The third-order valence-corrected chi connectivity index (χ3v) is 5.09. The van der Waals surface area contributed by atoms with Gasteiger partial charge in [0.1, 0.15) is 5.82 Å². The second-order valence-electron chi connectivity index (χ2n) is 4.98. The Labute approximate surface area is 113 Å². The van der Waals surface area contributed by atoms with Crippen molar-refractivity contribution < 1.29 is 12.8 Å². The third kappa shape index (κ3) is 3.45. The first-order chi connectivity index (χ1) is 8.89. The van der Waals surface area contributed by atoms with E-state index in [1.807, 2.05) is 4.90 Å². The van der Waals surface area contributed by atoms with Crippen LogP contribution >= 0.6 is 0 Å². The molecule has 1 aromatic rings. The number of nitrogens with two attached hydrogens (primary N) is 1. The van der Waals surface area contributed by atoms with E-state index in [1.165, 1.54) is 12.1 Å². The zero-order valence-electron chi connectivity index (χ0n) is 11.0. The Balaban J connectivity index is 2.31. The predicted molar refractivity (Wildman–Crippen MR) is 74.5 cm³/mol. The summed E-state index contributed by atoms with van der Waals surface area (Å²) in [5, 5.41) is 0. The van der Waals surface area contributed by atoms with E-state index in [0.717, 1.165) is 11.3 Å². The smallest absolute Gasteiger partial charge is 0.152 e. The van der Waals surface area contributed by atoms with Crippen molar-refractivity contribution in [1.82, 2.24) is 0 Å². The van der Waals surface area contributed by atoms with Crippen molar-refractivity contribution in [3.8, 4) is 0 Å². The first kappa shape index (κ1) is 14.3. The lowest BCUT2D eigenvalue weighted by Crippen LogP contribution is -2.28. The van der Waals surface area contributed by atoms with Crippen LogP contribution in [0.1, 0.15) is 24.9 Å². The maximum absolute atomic E-state index is 13.3. The van der Waals surface area contributed by atoms with Crippen LogP contribution in [-0.2, 0) is 9.84 Å². The predicted octanol–water partition coefficient (Wildman–Crippen LogP) is 1.47. The summed E-state index contributed by atoms with van der Waals surface area (Å²) in [5.74, 6) is 0.0412. The van der Waals surface area contributed by atoms with Crippen molar-refractivity contribution in [2.24, 2.45) is 5.73 Å². The summed E-state index contributed by atoms with van der Waals surface area (Å²) >= 11 is 0. The summed E-state index contributed by atoms with van der Waals surface area (Å²) in [7, 11) is -2.95. The summed E-state index contributed by atoms with van der Waals surface area (Å²) < 4.78 is 36.5. The maximum atomic E-state index is 13.3. The summed E-state index contributed by atoms with van der Waals surface area (Å²) in [6.07, 6.45) is 0.595. The molecule has 0 aliphatic carbocycles. The number of hydrogen-bond acceptors (Lipinski definition) is 4. The number of sulfone groups is 1. The lowest BCUT2D eigenvalue weighted by atomic mass is 10.1. The van der Waals surface area contributed by atoms with Gasteiger partial charge in [0, 0.05) is 24.8 Å². The monoisotopic (exact) mass is 286 g/mol. The highest BCUT2D eigenvalue weighted by Crippen LogP contribution is 2.27. The number of nitrogens with zero attached hydrogens (tertiary/aromatic N) is 1. The highest BCUT2D eigenvalue weighted by Gasteiger charge is 2.21. The highest BCUT2D eigenvalue weighted by molar-refractivity contribution is 7.91. The first-order valence-corrected chi connectivity index (χ1v) is 8.21. The van der Waals surface area contributed by atoms with E-state index in [-0.39, 0.29) is 23.4 Å². The van der Waals surface area contributed by atoms with Crippen molar-refractivity contribution in [2.75, 3.05) is 29.5 Å². The molecule has 1 aliphatic heterocycles. The molecule has 1 aromatic carbocycles. The van der Waals surface area contributed by atoms with Gasteiger partial charge in [0.2, 0.25) is 0 Å². The van der Waals surface area contributed by atoms with Gasteiger partial charge in [-0.15, -0.1) is 0 Å². The van der Waals surface area contributed by atoms with Crippen molar-refractivity contribution >= 4 is 15.5 Å². The Morgan fingerprint density at radius 2 is 2.05 bits per heavy atom. The molecule has 1 fully saturated rings. The molecular formula is C13H19FN2O2S. The molecule has 1 atom stereocenters. The Hall–Kier alpha value is -1.14. The summed E-state index contributed by atoms with van der Waals surface area (Å²) in [6.45, 7) is 2.89. The third-order valence-electron chi connectivity index (χ3n) is 3.38. The van der Waals surface area contributed by atoms with Crippen molar-refractivity contribution in [1.29, 1.82) is 0 Å². The molecule has 0 amide bonds. The summed E-state index contributed by atoms with van der Waals surface area (Å²) in [6, 6.07) is 4.22. The minimum atomic E-state index is -2.95. The van der Waals surface area contributed by atoms with Crippen LogP contribution in [0.3, 0.4) is 0 Å². The van der Waals surface area contributed by atoms with Crippen molar-refractivity contribution in [2.45, 2.75) is 19.4 Å². The Bertz CT molecular complexity index is 558. The largest absolute Gasteiger partial charge is 0.370 e. The number of anilines is 1. The van der Waals surface area contributed by atoms with Gasteiger partial charge >= 0.3 is 0 Å². The molecule has 106 valence electrons. The Kier molecular flexibility index (Phi) is 4.10. The van der Waals surface area contributed by atoms with Crippen molar-refractivity contribution in [3.63, 3.8) is 0 Å². The summed E-state index contributed by atoms with van der Waals surface area (Å²) in [4.78, 5) is 1.99. The molecule has 2 rings (SSSR count). The number of benzene rings is 1. The van der Waals surface area contributed by atoms with E-state index in [0.29, 0.717) is 19.5 Å². The van der Waals surface area contributed by atoms with E-state index in [1.54, 1.807) is 13.0 Å². The zero-order valence-corrected chi connectivity index (χ0v) is 11.8. The van der Waals surface area contributed by atoms with Gasteiger partial charge in [-0.25, -0.2) is 12.8 Å². The Morgan fingerprint density at radius 1 is 1.32 bits per heavy atom. The fourth-order valence-electron chi connectivity index (χ4n) is 2.36. The molecule has 1 aliphatic rings. The molecule has 4 nitrogen and oxygen atoms in total. The van der Waals surface area contributed by atoms with Crippen LogP contribution in [0.2, 0.25) is 0 Å². The minimum Gasteiger partial charge on any atom is -0.370 e. The van der Waals surface area contributed by atoms with Gasteiger partial charge in [-0.1, -0.05) is 0 Å². The molecule has 1 heterocycles. The van der Waals surface area contributed by atoms with Gasteiger partial charge < -0.3 is 10.6 Å². The van der Waals surface area contributed by atoms with Gasteiger partial charge in [0.05, 0.1) is 11.5 Å². The second-order valence-corrected chi connectivity index (χ2v) is 7.29. The number of rotatable bonds is 2. The van der Waals surface area contributed by atoms with E-state index in [4.69, 9.17) is 5.73 Å². The standard InChI is InChI=1S/C13H19FN2O2S/c1-10(15)12-9-11(14)3-4-13(12)16-5-2-7-19(17,18)8-6-16/h3-4,9-10H,2,5-8,15H2,1H3. The number of hydrogen-bond donors (Lipinski definition) is 1. The molecule has 0 bridgehead atoms. The fourth-order valence-corrected chi connectivity index (χ4v) is 3.63. The molecule has 0 saturated carbocycles. The normalized spacial score (nSPS) is 20.9. The van der Waals surface area contributed by atoms with Gasteiger partial charge in [-0.05, 0) is 37.1 Å². The van der Waals surface area contributed by atoms with Gasteiger partial charge in [0.25, 0.3) is 0 Å². The van der Waals surface area contributed by atoms with Crippen LogP contribution in [0.15, 0.2) is 18.2 Å². The van der Waals surface area contributed by atoms with Gasteiger partial charge in [-0.2, -0.15) is 0 Å². The second kappa shape index (κ2) is 5.46. The van der Waals surface area contributed by atoms with Crippen LogP contribution in [0, 0.1) is 5.82 Å². The molecule has 1 saturated heterocycles. The molecule has 19 heavy (non-hydrogen) atoms. The lowest BCUT2D eigenvalue weighted by molar-refractivity contribution is 0.597. The fraction of sp³-hybridized carbons (Fsp3) is 0.538. The molecule has 0 aromatic heterocycles. The van der Waals surface area contributed by atoms with E-state index >= 15 is 0 Å². The molecule has 6 heteroatoms. The van der Waals surface area contributed by atoms with Gasteiger partial charge in [-0.3, -0.25) is 0 Å². The van der Waals surface area contributed by atoms with E-state index in [9.17, 15) is 12.8 Å². The molecule has 1 unspecified atom stereocenters. The molecule has 0 radical (unpaired) electrons. The quantitative estimate of drug-likeness (QED) is 0.894. The van der Waals surface area contributed by atoms with E-state index < -0.39 is 9.84 Å². The van der Waals surface area contributed by atoms with Crippen LogP contribution in [0.4, 0.5) is 10.1 Å². The highest BCUT2D eigenvalue weighted by atomic mass is 32.2.